The van der Waals surface area contributed by atoms with Crippen molar-refractivity contribution >= 4 is 11.6 Å². The molecule has 0 heterocycles. The molecule has 0 rings (SSSR count). The fourth-order valence-electron chi connectivity index (χ4n) is 0. The first-order valence-electron chi connectivity index (χ1n) is 2.37. The molecule has 0 radical (unpaired) electrons. The maximum atomic E-state index is 5.27. The third-order valence-electron chi connectivity index (χ3n) is 0. The van der Waals surface area contributed by atoms with Gasteiger partial charge in [0.1, 0.15) is 0 Å². The van der Waals surface area contributed by atoms with Crippen molar-refractivity contribution in [3.8, 4) is 0 Å². The van der Waals surface area contributed by atoms with E-state index in [4.69, 9.17) is 11.6 Å². The average Bonchev–Trinajstić information content (AvgIpc) is 1.41. The summed E-state index contributed by atoms with van der Waals surface area (Å²) >= 11 is 5.27. The fourth-order valence-corrected chi connectivity index (χ4v) is 0. The van der Waals surface area contributed by atoms with Gasteiger partial charge in [0.15, 0.2) is 0 Å². The lowest BCUT2D eigenvalue weighted by Gasteiger charge is -1.76. The van der Waals surface area contributed by atoms with E-state index in [1.165, 1.54) is 0 Å². The zero-order valence-corrected chi connectivity index (χ0v) is 5.71. The summed E-state index contributed by atoms with van der Waals surface area (Å²) in [5, 5.41) is 0.306. The van der Waals surface area contributed by atoms with Crippen LogP contribution in [0.15, 0.2) is 0 Å². The fraction of sp³-hybridized carbons (Fsp3) is 1.00. The van der Waals surface area contributed by atoms with Crippen LogP contribution >= 0.6 is 11.6 Å². The molecule has 0 aliphatic rings. The van der Waals surface area contributed by atoms with Gasteiger partial charge in [0, 0.05) is 5.38 Å². The molecular weight excluding hydrogens is 95.5 g/mol. The van der Waals surface area contributed by atoms with E-state index >= 15 is 0 Å². The van der Waals surface area contributed by atoms with Crippen molar-refractivity contribution in [1.29, 1.82) is 0 Å². The zero-order chi connectivity index (χ0) is 5.58. The summed E-state index contributed by atoms with van der Waals surface area (Å²) in [6, 6.07) is 0. The van der Waals surface area contributed by atoms with E-state index in [9.17, 15) is 0 Å². The number of rotatable bonds is 0. The predicted molar refractivity (Wildman–Crippen MR) is 32.3 cm³/mol. The molecule has 0 aromatic rings. The zero-order valence-electron chi connectivity index (χ0n) is 4.96. The molecule has 0 fully saturated rings. The molecule has 0 aliphatic carbocycles. The lowest BCUT2D eigenvalue weighted by Crippen LogP contribution is -1.70. The predicted octanol–water partition coefficient (Wildman–Crippen LogP) is 2.66. The third-order valence-corrected chi connectivity index (χ3v) is 0. The van der Waals surface area contributed by atoms with Crippen LogP contribution in [0.5, 0.6) is 0 Å². The van der Waals surface area contributed by atoms with E-state index in [1.54, 1.807) is 0 Å². The first-order chi connectivity index (χ1) is 2.73. The second-order valence-corrected chi connectivity index (χ2v) is 1.89. The molecule has 0 spiro atoms. The first-order valence-corrected chi connectivity index (χ1v) is 2.81. The Morgan fingerprint density at radius 3 is 1.17 bits per heavy atom. The van der Waals surface area contributed by atoms with Crippen molar-refractivity contribution in [1.82, 2.24) is 0 Å². The molecule has 40 valence electrons. The Hall–Kier alpha value is 0.290. The highest BCUT2D eigenvalue weighted by atomic mass is 35.5. The molecule has 0 N–H and O–H groups in total. The van der Waals surface area contributed by atoms with Crippen molar-refractivity contribution < 1.29 is 0 Å². The van der Waals surface area contributed by atoms with Crippen molar-refractivity contribution in [2.45, 2.75) is 33.1 Å². The smallest absolute Gasteiger partial charge is 0.0279 e. The Bertz CT molecular complexity index is 8.66. The van der Waals surface area contributed by atoms with E-state index < -0.39 is 0 Å². The minimum absolute atomic E-state index is 0.306. The van der Waals surface area contributed by atoms with Gasteiger partial charge in [-0.05, 0) is 13.8 Å². The number of hydrogen-bond donors (Lipinski definition) is 0. The Kier molecular flexibility index (Phi) is 14.3. The SMILES string of the molecule is CC.CC(C)Cl. The number of hydrogen-bond acceptors (Lipinski definition) is 0. The monoisotopic (exact) mass is 108 g/mol. The lowest BCUT2D eigenvalue weighted by molar-refractivity contribution is 1.10. The molecule has 1 heteroatoms. The minimum atomic E-state index is 0.306. The average molecular weight is 109 g/mol. The topological polar surface area (TPSA) is 0 Å². The van der Waals surface area contributed by atoms with Crippen LogP contribution in [0, 0.1) is 0 Å². The summed E-state index contributed by atoms with van der Waals surface area (Å²) < 4.78 is 0. The van der Waals surface area contributed by atoms with E-state index in [0.29, 0.717) is 5.38 Å². The third kappa shape index (κ3) is 552. The molecular formula is C5H13Cl. The molecule has 0 saturated carbocycles. The van der Waals surface area contributed by atoms with Gasteiger partial charge in [0.25, 0.3) is 0 Å². The van der Waals surface area contributed by atoms with Crippen LogP contribution < -0.4 is 0 Å². The van der Waals surface area contributed by atoms with Gasteiger partial charge in [0.2, 0.25) is 0 Å². The number of alkyl halides is 1. The van der Waals surface area contributed by atoms with Crippen LogP contribution in [0.3, 0.4) is 0 Å². The second-order valence-electron chi connectivity index (χ2n) is 1.01. The largest absolute Gasteiger partial charge is 0.124 e. The van der Waals surface area contributed by atoms with Crippen molar-refractivity contribution in [2.75, 3.05) is 0 Å². The molecule has 0 aromatic heterocycles. The summed E-state index contributed by atoms with van der Waals surface area (Å²) in [6.45, 7) is 7.86. The maximum absolute atomic E-state index is 5.27. The molecule has 6 heavy (non-hydrogen) atoms. The standard InChI is InChI=1S/C3H7Cl.C2H6/c1-3(2)4;1-2/h3H,1-2H3;1-2H3. The van der Waals surface area contributed by atoms with Crippen LogP contribution in [0.1, 0.15) is 27.7 Å². The van der Waals surface area contributed by atoms with Crippen LogP contribution in [-0.2, 0) is 0 Å². The molecule has 0 nitrogen and oxygen atoms in total. The van der Waals surface area contributed by atoms with Gasteiger partial charge in [-0.15, -0.1) is 11.6 Å². The second kappa shape index (κ2) is 8.99. The summed E-state index contributed by atoms with van der Waals surface area (Å²) in [5.74, 6) is 0. The Balaban J connectivity index is 0. The van der Waals surface area contributed by atoms with Gasteiger partial charge >= 0.3 is 0 Å². The lowest BCUT2D eigenvalue weighted by atomic mass is 10.6. The van der Waals surface area contributed by atoms with Gasteiger partial charge in [-0.2, -0.15) is 0 Å². The highest BCUT2D eigenvalue weighted by molar-refractivity contribution is 6.20. The molecule has 0 unspecified atom stereocenters. The van der Waals surface area contributed by atoms with Gasteiger partial charge in [-0.1, -0.05) is 13.8 Å². The quantitative estimate of drug-likeness (QED) is 0.419. The molecule has 0 amide bonds. The molecule has 0 atom stereocenters. The highest BCUT2D eigenvalue weighted by Crippen LogP contribution is 1.84. The normalized spacial score (nSPS) is 7.00. The summed E-state index contributed by atoms with van der Waals surface area (Å²) in [5.41, 5.74) is 0. The van der Waals surface area contributed by atoms with Crippen molar-refractivity contribution in [2.24, 2.45) is 0 Å². The number of halogens is 1. The molecule has 0 saturated heterocycles. The van der Waals surface area contributed by atoms with Gasteiger partial charge in [-0.3, -0.25) is 0 Å². The van der Waals surface area contributed by atoms with E-state index in [2.05, 4.69) is 0 Å². The van der Waals surface area contributed by atoms with E-state index in [-0.39, 0.29) is 0 Å². The van der Waals surface area contributed by atoms with Gasteiger partial charge < -0.3 is 0 Å². The molecule has 0 aromatic carbocycles. The van der Waals surface area contributed by atoms with Gasteiger partial charge in [-0.25, -0.2) is 0 Å². The van der Waals surface area contributed by atoms with Crippen molar-refractivity contribution in [3.63, 3.8) is 0 Å². The van der Waals surface area contributed by atoms with E-state index in [1.807, 2.05) is 27.7 Å². The maximum Gasteiger partial charge on any atom is 0.0279 e. The Morgan fingerprint density at radius 2 is 1.17 bits per heavy atom. The van der Waals surface area contributed by atoms with Crippen LogP contribution in [0.4, 0.5) is 0 Å². The molecule has 0 aliphatic heterocycles. The summed E-state index contributed by atoms with van der Waals surface area (Å²) in [4.78, 5) is 0. The van der Waals surface area contributed by atoms with Crippen LogP contribution in [-0.4, -0.2) is 5.38 Å². The Labute approximate surface area is 45.5 Å². The van der Waals surface area contributed by atoms with Crippen molar-refractivity contribution in [3.05, 3.63) is 0 Å². The Morgan fingerprint density at radius 1 is 1.17 bits per heavy atom. The molecule has 0 bridgehead atoms. The summed E-state index contributed by atoms with van der Waals surface area (Å²) in [6.07, 6.45) is 0. The first kappa shape index (κ1) is 9.56. The minimum Gasteiger partial charge on any atom is -0.124 e. The van der Waals surface area contributed by atoms with Crippen LogP contribution in [0.2, 0.25) is 0 Å². The summed E-state index contributed by atoms with van der Waals surface area (Å²) in [7, 11) is 0. The highest BCUT2D eigenvalue weighted by Gasteiger charge is 1.71. The van der Waals surface area contributed by atoms with E-state index in [0.717, 1.165) is 0 Å². The van der Waals surface area contributed by atoms with Gasteiger partial charge in [0.05, 0.1) is 0 Å². The van der Waals surface area contributed by atoms with Crippen LogP contribution in [0.25, 0.3) is 0 Å².